The lowest BCUT2D eigenvalue weighted by atomic mass is 9.83. The van der Waals surface area contributed by atoms with Crippen molar-refractivity contribution in [3.63, 3.8) is 0 Å². The van der Waals surface area contributed by atoms with Crippen LogP contribution in [-0.4, -0.2) is 12.6 Å². The molecule has 0 bridgehead atoms. The zero-order chi connectivity index (χ0) is 14.5. The molecule has 0 spiro atoms. The zero-order valence-corrected chi connectivity index (χ0v) is 13.4. The van der Waals surface area contributed by atoms with E-state index in [-0.39, 0.29) is 0 Å². The molecule has 2 rings (SSSR count). The van der Waals surface area contributed by atoms with Crippen LogP contribution in [0.4, 0.5) is 0 Å². The fourth-order valence-corrected chi connectivity index (χ4v) is 3.65. The van der Waals surface area contributed by atoms with Crippen LogP contribution >= 0.6 is 0 Å². The Kier molecular flexibility index (Phi) is 5.71. The maximum atomic E-state index is 6.05. The molecule has 0 aromatic rings. The standard InChI is InChI=1S/C18H32N2/c1-4-13(2)10-15-11-18(17(12-19)14(15)3)20-16-8-6-5-7-9-16/h6,8,11,13-17,20H,4-5,7,9-10,12,19H2,1-3H3/t13-,14?,15?,16?,17?/m0/s1. The van der Waals surface area contributed by atoms with Gasteiger partial charge in [0, 0.05) is 24.2 Å². The fraction of sp³-hybridized carbons (Fsp3) is 0.778. The second-order valence-corrected chi connectivity index (χ2v) is 6.85. The molecule has 0 aromatic carbocycles. The molecule has 0 heterocycles. The van der Waals surface area contributed by atoms with Crippen LogP contribution in [0.15, 0.2) is 23.9 Å². The summed E-state index contributed by atoms with van der Waals surface area (Å²) in [6, 6.07) is 0.526. The first kappa shape index (κ1) is 15.6. The highest BCUT2D eigenvalue weighted by Crippen LogP contribution is 2.38. The van der Waals surface area contributed by atoms with Gasteiger partial charge in [-0.15, -0.1) is 0 Å². The van der Waals surface area contributed by atoms with E-state index < -0.39 is 0 Å². The van der Waals surface area contributed by atoms with E-state index in [4.69, 9.17) is 5.73 Å². The normalized spacial score (nSPS) is 34.9. The van der Waals surface area contributed by atoms with E-state index in [1.54, 1.807) is 0 Å². The van der Waals surface area contributed by atoms with Crippen LogP contribution in [0, 0.1) is 23.7 Å². The predicted octanol–water partition coefficient (Wildman–Crippen LogP) is 3.85. The number of nitrogens with one attached hydrogen (secondary N) is 1. The van der Waals surface area contributed by atoms with Crippen LogP contribution in [0.25, 0.3) is 0 Å². The molecule has 20 heavy (non-hydrogen) atoms. The number of rotatable bonds is 6. The van der Waals surface area contributed by atoms with E-state index in [0.29, 0.717) is 23.8 Å². The SMILES string of the molecule is CC[C@H](C)CC1C=C(NC2C=CCCC2)C(CN)C1C. The number of nitrogens with two attached hydrogens (primary N) is 1. The summed E-state index contributed by atoms with van der Waals surface area (Å²) in [5.74, 6) is 2.73. The molecule has 4 unspecified atom stereocenters. The molecule has 5 atom stereocenters. The summed E-state index contributed by atoms with van der Waals surface area (Å²) in [5, 5.41) is 3.76. The van der Waals surface area contributed by atoms with Crippen molar-refractivity contribution in [2.24, 2.45) is 29.4 Å². The smallest absolute Gasteiger partial charge is 0.0441 e. The Morgan fingerprint density at radius 3 is 2.85 bits per heavy atom. The van der Waals surface area contributed by atoms with Gasteiger partial charge >= 0.3 is 0 Å². The quantitative estimate of drug-likeness (QED) is 0.723. The van der Waals surface area contributed by atoms with Gasteiger partial charge in [0.2, 0.25) is 0 Å². The Morgan fingerprint density at radius 2 is 2.25 bits per heavy atom. The average molecular weight is 276 g/mol. The molecule has 114 valence electrons. The van der Waals surface area contributed by atoms with Crippen LogP contribution in [0.3, 0.4) is 0 Å². The molecule has 3 N–H and O–H groups in total. The molecular weight excluding hydrogens is 244 g/mol. The minimum absolute atomic E-state index is 0.526. The Bertz CT molecular complexity index is 358. The van der Waals surface area contributed by atoms with Gasteiger partial charge < -0.3 is 11.1 Å². The second-order valence-electron chi connectivity index (χ2n) is 6.85. The number of hydrogen-bond donors (Lipinski definition) is 2. The lowest BCUT2D eigenvalue weighted by Crippen LogP contribution is -2.34. The van der Waals surface area contributed by atoms with Crippen LogP contribution in [-0.2, 0) is 0 Å². The van der Waals surface area contributed by atoms with Crippen molar-refractivity contribution in [3.05, 3.63) is 23.9 Å². The Balaban J connectivity index is 2.02. The van der Waals surface area contributed by atoms with Gasteiger partial charge in [-0.1, -0.05) is 45.4 Å². The summed E-state index contributed by atoms with van der Waals surface area (Å²) < 4.78 is 0. The summed E-state index contributed by atoms with van der Waals surface area (Å²) in [5.41, 5.74) is 7.47. The van der Waals surface area contributed by atoms with Crippen LogP contribution in [0.1, 0.15) is 52.9 Å². The second kappa shape index (κ2) is 7.31. The Hall–Kier alpha value is -0.760. The molecule has 2 aliphatic carbocycles. The van der Waals surface area contributed by atoms with Crippen molar-refractivity contribution < 1.29 is 0 Å². The van der Waals surface area contributed by atoms with Gasteiger partial charge in [0.25, 0.3) is 0 Å². The van der Waals surface area contributed by atoms with Gasteiger partial charge in [-0.25, -0.2) is 0 Å². The highest BCUT2D eigenvalue weighted by molar-refractivity contribution is 5.19. The van der Waals surface area contributed by atoms with Crippen molar-refractivity contribution in [3.8, 4) is 0 Å². The maximum absolute atomic E-state index is 6.05. The minimum atomic E-state index is 0.526. The Labute approximate surface area is 124 Å². The Morgan fingerprint density at radius 1 is 1.45 bits per heavy atom. The van der Waals surface area contributed by atoms with E-state index in [1.165, 1.54) is 37.8 Å². The molecule has 0 aliphatic heterocycles. The summed E-state index contributed by atoms with van der Waals surface area (Å²) in [6.45, 7) is 7.81. The van der Waals surface area contributed by atoms with Crippen molar-refractivity contribution in [2.75, 3.05) is 6.54 Å². The zero-order valence-electron chi connectivity index (χ0n) is 13.4. The first-order valence-corrected chi connectivity index (χ1v) is 8.50. The monoisotopic (exact) mass is 276 g/mol. The average Bonchev–Trinajstić information content (AvgIpc) is 2.75. The third kappa shape index (κ3) is 3.66. The summed E-state index contributed by atoms with van der Waals surface area (Å²) in [4.78, 5) is 0. The fourth-order valence-electron chi connectivity index (χ4n) is 3.65. The molecule has 0 amide bonds. The lowest BCUT2D eigenvalue weighted by Gasteiger charge is -2.26. The number of hydrogen-bond acceptors (Lipinski definition) is 2. The van der Waals surface area contributed by atoms with E-state index >= 15 is 0 Å². The molecule has 2 heteroatoms. The van der Waals surface area contributed by atoms with E-state index in [1.807, 2.05) is 0 Å². The van der Waals surface area contributed by atoms with E-state index in [0.717, 1.165) is 12.5 Å². The summed E-state index contributed by atoms with van der Waals surface area (Å²) in [7, 11) is 0. The molecule has 0 saturated heterocycles. The van der Waals surface area contributed by atoms with Gasteiger partial charge in [0.05, 0.1) is 0 Å². The first-order valence-electron chi connectivity index (χ1n) is 8.50. The van der Waals surface area contributed by atoms with Crippen LogP contribution in [0.5, 0.6) is 0 Å². The molecule has 0 saturated carbocycles. The van der Waals surface area contributed by atoms with Crippen LogP contribution in [0.2, 0.25) is 0 Å². The van der Waals surface area contributed by atoms with Gasteiger partial charge in [-0.05, 0) is 43.4 Å². The molecule has 2 nitrogen and oxygen atoms in total. The number of allylic oxidation sites excluding steroid dienone is 2. The van der Waals surface area contributed by atoms with E-state index in [2.05, 4.69) is 44.3 Å². The van der Waals surface area contributed by atoms with Crippen molar-refractivity contribution in [2.45, 2.75) is 58.9 Å². The topological polar surface area (TPSA) is 38.0 Å². The minimum Gasteiger partial charge on any atom is -0.382 e. The van der Waals surface area contributed by atoms with Gasteiger partial charge in [-0.3, -0.25) is 0 Å². The molecule has 0 radical (unpaired) electrons. The van der Waals surface area contributed by atoms with Gasteiger partial charge in [-0.2, -0.15) is 0 Å². The van der Waals surface area contributed by atoms with E-state index in [9.17, 15) is 0 Å². The predicted molar refractivity (Wildman–Crippen MR) is 87.3 cm³/mol. The largest absolute Gasteiger partial charge is 0.382 e. The van der Waals surface area contributed by atoms with Crippen LogP contribution < -0.4 is 11.1 Å². The van der Waals surface area contributed by atoms with Crippen molar-refractivity contribution in [1.29, 1.82) is 0 Å². The molecule has 0 aromatic heterocycles. The molecular formula is C18H32N2. The van der Waals surface area contributed by atoms with Gasteiger partial charge in [0.15, 0.2) is 0 Å². The van der Waals surface area contributed by atoms with Gasteiger partial charge in [0.1, 0.15) is 0 Å². The van der Waals surface area contributed by atoms with Crippen molar-refractivity contribution in [1.82, 2.24) is 5.32 Å². The first-order chi connectivity index (χ1) is 9.65. The maximum Gasteiger partial charge on any atom is 0.0441 e. The summed E-state index contributed by atoms with van der Waals surface area (Å²) >= 11 is 0. The third-order valence-corrected chi connectivity index (χ3v) is 5.33. The highest BCUT2D eigenvalue weighted by atomic mass is 14.9. The lowest BCUT2D eigenvalue weighted by molar-refractivity contribution is 0.302. The molecule has 0 fully saturated rings. The highest BCUT2D eigenvalue weighted by Gasteiger charge is 2.34. The molecule has 2 aliphatic rings. The summed E-state index contributed by atoms with van der Waals surface area (Å²) in [6.07, 6.45) is 13.5. The third-order valence-electron chi connectivity index (χ3n) is 5.33. The van der Waals surface area contributed by atoms with Crippen molar-refractivity contribution >= 4 is 0 Å².